The molecule has 0 aliphatic rings. The van der Waals surface area contributed by atoms with Crippen molar-refractivity contribution in [3.8, 4) is 11.5 Å². The Balaban J connectivity index is 0.000000173. The van der Waals surface area contributed by atoms with Gasteiger partial charge in [0, 0.05) is 41.6 Å². The minimum Gasteiger partial charge on any atom is -0.506 e. The van der Waals surface area contributed by atoms with Gasteiger partial charge in [-0.1, -0.05) is 36.4 Å². The van der Waals surface area contributed by atoms with Crippen LogP contribution >= 0.6 is 0 Å². The van der Waals surface area contributed by atoms with Gasteiger partial charge in [-0.2, -0.15) is 0 Å². The van der Waals surface area contributed by atoms with Gasteiger partial charge in [-0.05, 0) is 38.1 Å². The van der Waals surface area contributed by atoms with Crippen LogP contribution in [0.1, 0.15) is 11.4 Å². The van der Waals surface area contributed by atoms with Gasteiger partial charge >= 0.3 is 0 Å². The van der Waals surface area contributed by atoms with E-state index in [1.807, 2.05) is 62.4 Å². The van der Waals surface area contributed by atoms with Gasteiger partial charge < -0.3 is 10.2 Å². The second-order valence-electron chi connectivity index (χ2n) is 5.60. The van der Waals surface area contributed by atoms with E-state index in [1.54, 1.807) is 12.1 Å². The molecule has 0 bridgehead atoms. The van der Waals surface area contributed by atoms with E-state index in [1.165, 1.54) is 0 Å². The number of rotatable bonds is 0. The van der Waals surface area contributed by atoms with E-state index in [4.69, 9.17) is 0 Å². The van der Waals surface area contributed by atoms with Crippen LogP contribution in [0.3, 0.4) is 0 Å². The van der Waals surface area contributed by atoms with Crippen molar-refractivity contribution in [3.05, 3.63) is 72.1 Å². The first-order valence-corrected chi connectivity index (χ1v) is 7.65. The Kier molecular flexibility index (Phi) is 6.05. The monoisotopic (exact) mass is 382 g/mol. The van der Waals surface area contributed by atoms with Gasteiger partial charge in [-0.25, -0.2) is 9.97 Å². The maximum atomic E-state index is 9.43. The standard InChI is InChI=1S/2C10H9NO.Zn/c2*1-7-5-6-8-3-2-4-9(12)10(8)11-7;/h2*2-6,12H,1H3;. The Morgan fingerprint density at radius 3 is 1.40 bits per heavy atom. The third-order valence-electron chi connectivity index (χ3n) is 3.68. The number of aromatic nitrogens is 2. The third kappa shape index (κ3) is 4.31. The zero-order chi connectivity index (χ0) is 17.1. The van der Waals surface area contributed by atoms with E-state index >= 15 is 0 Å². The van der Waals surface area contributed by atoms with Crippen LogP contribution in [0.2, 0.25) is 0 Å². The zero-order valence-corrected chi connectivity index (χ0v) is 17.2. The Morgan fingerprint density at radius 1 is 0.600 bits per heavy atom. The molecule has 2 heterocycles. The fourth-order valence-electron chi connectivity index (χ4n) is 2.46. The Labute approximate surface area is 158 Å². The first-order valence-electron chi connectivity index (χ1n) is 7.65. The number of pyridine rings is 2. The third-order valence-corrected chi connectivity index (χ3v) is 3.68. The molecule has 0 spiro atoms. The van der Waals surface area contributed by atoms with Crippen molar-refractivity contribution in [2.45, 2.75) is 13.8 Å². The molecule has 0 saturated carbocycles. The number of aromatic hydroxyl groups is 2. The summed E-state index contributed by atoms with van der Waals surface area (Å²) in [6.45, 7) is 3.82. The molecule has 2 N–H and O–H groups in total. The van der Waals surface area contributed by atoms with Crippen molar-refractivity contribution in [3.63, 3.8) is 0 Å². The number of phenolic OH excluding ortho intramolecular Hbond substituents is 2. The van der Waals surface area contributed by atoms with Gasteiger partial charge in [-0.3, -0.25) is 0 Å². The second-order valence-corrected chi connectivity index (χ2v) is 5.60. The van der Waals surface area contributed by atoms with Crippen molar-refractivity contribution in [2.75, 3.05) is 0 Å². The molecule has 0 saturated heterocycles. The van der Waals surface area contributed by atoms with Gasteiger partial charge in [-0.15, -0.1) is 0 Å². The van der Waals surface area contributed by atoms with Gasteiger partial charge in [0.15, 0.2) is 0 Å². The van der Waals surface area contributed by atoms with Crippen LogP contribution in [0, 0.1) is 13.8 Å². The summed E-state index contributed by atoms with van der Waals surface area (Å²) in [5.41, 5.74) is 3.20. The summed E-state index contributed by atoms with van der Waals surface area (Å²) in [6.07, 6.45) is 0. The first kappa shape index (κ1) is 18.8. The Bertz CT molecular complexity index is 936. The predicted octanol–water partition coefficient (Wildman–Crippen LogP) is 4.50. The van der Waals surface area contributed by atoms with E-state index in [9.17, 15) is 10.2 Å². The smallest absolute Gasteiger partial charge is 0.141 e. The van der Waals surface area contributed by atoms with Crippen LogP contribution in [0.5, 0.6) is 11.5 Å². The van der Waals surface area contributed by atoms with Crippen LogP contribution < -0.4 is 0 Å². The summed E-state index contributed by atoms with van der Waals surface area (Å²) >= 11 is 0. The van der Waals surface area contributed by atoms with Gasteiger partial charge in [0.25, 0.3) is 0 Å². The number of fused-ring (bicyclic) bond motifs is 2. The van der Waals surface area contributed by atoms with E-state index < -0.39 is 0 Å². The second kappa shape index (κ2) is 8.04. The normalized spacial score (nSPS) is 10.0. The Hall–Kier alpha value is -2.52. The minimum absolute atomic E-state index is 0. The average Bonchev–Trinajstić information content (AvgIpc) is 2.57. The molecule has 4 nitrogen and oxygen atoms in total. The molecule has 25 heavy (non-hydrogen) atoms. The molecule has 2 aromatic heterocycles. The fourth-order valence-corrected chi connectivity index (χ4v) is 2.46. The van der Waals surface area contributed by atoms with E-state index in [2.05, 4.69) is 9.97 Å². The molecule has 0 aliphatic heterocycles. The largest absolute Gasteiger partial charge is 0.506 e. The molecule has 0 radical (unpaired) electrons. The van der Waals surface area contributed by atoms with Gasteiger partial charge in [0.2, 0.25) is 0 Å². The summed E-state index contributed by atoms with van der Waals surface area (Å²) in [6, 6.07) is 18.6. The predicted molar refractivity (Wildman–Crippen MR) is 96.3 cm³/mol. The molecule has 2 aromatic carbocycles. The molecule has 0 atom stereocenters. The van der Waals surface area contributed by atoms with Crippen LogP contribution in [0.15, 0.2) is 60.7 Å². The maximum absolute atomic E-state index is 9.43. The molecule has 0 unspecified atom stereocenters. The topological polar surface area (TPSA) is 66.2 Å². The van der Waals surface area contributed by atoms with Gasteiger partial charge in [0.1, 0.15) is 22.5 Å². The number of aryl methyl sites for hydroxylation is 2. The fraction of sp³-hybridized carbons (Fsp3) is 0.100. The number of nitrogens with zero attached hydrogens (tertiary/aromatic N) is 2. The Morgan fingerprint density at radius 2 is 1.00 bits per heavy atom. The average molecular weight is 384 g/mol. The molecule has 0 amide bonds. The number of benzene rings is 2. The van der Waals surface area contributed by atoms with E-state index in [0.717, 1.165) is 22.2 Å². The van der Waals surface area contributed by atoms with Crippen LogP contribution in [-0.4, -0.2) is 20.2 Å². The van der Waals surface area contributed by atoms with Crippen LogP contribution in [-0.2, 0) is 19.5 Å². The summed E-state index contributed by atoms with van der Waals surface area (Å²) in [5.74, 6) is 0.493. The number of phenols is 2. The molecule has 0 aliphatic carbocycles. The summed E-state index contributed by atoms with van der Waals surface area (Å²) < 4.78 is 0. The molecular formula is C20H18N2O2Zn. The molecule has 5 heteroatoms. The number of hydrogen-bond acceptors (Lipinski definition) is 4. The van der Waals surface area contributed by atoms with E-state index in [0.29, 0.717) is 11.0 Å². The molecule has 4 aromatic rings. The SMILES string of the molecule is Cc1ccc2cccc(O)c2n1.Cc1ccc2cccc(O)c2n1.[Zn]. The molecule has 4 rings (SSSR count). The summed E-state index contributed by atoms with van der Waals surface area (Å²) in [7, 11) is 0. The van der Waals surface area contributed by atoms with Crippen molar-refractivity contribution < 1.29 is 29.7 Å². The van der Waals surface area contributed by atoms with Crippen LogP contribution in [0.25, 0.3) is 21.8 Å². The summed E-state index contributed by atoms with van der Waals surface area (Å²) in [5, 5.41) is 20.8. The van der Waals surface area contributed by atoms with Crippen molar-refractivity contribution >= 4 is 21.8 Å². The molecule has 122 valence electrons. The molecular weight excluding hydrogens is 366 g/mol. The van der Waals surface area contributed by atoms with Crippen LogP contribution in [0.4, 0.5) is 0 Å². The van der Waals surface area contributed by atoms with Gasteiger partial charge in [0.05, 0.1) is 0 Å². The quantitative estimate of drug-likeness (QED) is 0.439. The number of hydrogen-bond donors (Lipinski definition) is 2. The minimum atomic E-state index is 0. The zero-order valence-electron chi connectivity index (χ0n) is 14.3. The van der Waals surface area contributed by atoms with Crippen molar-refractivity contribution in [2.24, 2.45) is 0 Å². The van der Waals surface area contributed by atoms with E-state index in [-0.39, 0.29) is 31.0 Å². The molecule has 0 fully saturated rings. The van der Waals surface area contributed by atoms with Crippen molar-refractivity contribution in [1.82, 2.24) is 9.97 Å². The number of para-hydroxylation sites is 2. The summed E-state index contributed by atoms with van der Waals surface area (Å²) in [4.78, 5) is 8.45. The maximum Gasteiger partial charge on any atom is 0.141 e. The van der Waals surface area contributed by atoms with Crippen molar-refractivity contribution in [1.29, 1.82) is 0 Å². The first-order chi connectivity index (χ1) is 11.5.